The molecule has 2 heterocycles. The minimum absolute atomic E-state index is 0.197. The Morgan fingerprint density at radius 3 is 2.74 bits per heavy atom. The normalized spacial score (nSPS) is 32.1. The van der Waals surface area contributed by atoms with Crippen LogP contribution in [0.2, 0.25) is 0 Å². The van der Waals surface area contributed by atoms with Crippen LogP contribution in [0.25, 0.3) is 0 Å². The molecule has 2 aliphatic heterocycles. The molecule has 5 nitrogen and oxygen atoms in total. The van der Waals surface area contributed by atoms with Crippen molar-refractivity contribution in [3.8, 4) is 0 Å². The molecule has 112 valence electrons. The minimum atomic E-state index is -3.08. The van der Waals surface area contributed by atoms with Crippen LogP contribution in [0, 0.1) is 5.92 Å². The fourth-order valence-electron chi connectivity index (χ4n) is 3.23. The first-order valence-corrected chi connectivity index (χ1v) is 9.18. The second-order valence-electron chi connectivity index (χ2n) is 5.99. The van der Waals surface area contributed by atoms with Gasteiger partial charge in [0.2, 0.25) is 10.0 Å². The number of nitrogens with zero attached hydrogens (tertiary/aromatic N) is 1. The van der Waals surface area contributed by atoms with Crippen molar-refractivity contribution in [3.63, 3.8) is 0 Å². The van der Waals surface area contributed by atoms with Gasteiger partial charge in [0.1, 0.15) is 0 Å². The van der Waals surface area contributed by atoms with E-state index in [0.29, 0.717) is 25.4 Å². The average Bonchev–Trinajstić information content (AvgIpc) is 2.39. The topological polar surface area (TPSA) is 69.6 Å². The highest BCUT2D eigenvalue weighted by atomic mass is 32.2. The first-order chi connectivity index (χ1) is 8.97. The molecule has 2 aliphatic rings. The number of sulfonamides is 1. The van der Waals surface area contributed by atoms with Gasteiger partial charge < -0.3 is 10.4 Å². The van der Waals surface area contributed by atoms with Crippen LogP contribution < -0.4 is 5.32 Å². The number of hydrogen-bond acceptors (Lipinski definition) is 4. The van der Waals surface area contributed by atoms with Gasteiger partial charge in [0, 0.05) is 19.1 Å². The molecule has 0 bridgehead atoms. The largest absolute Gasteiger partial charge is 0.391 e. The van der Waals surface area contributed by atoms with Gasteiger partial charge in [0.15, 0.2) is 0 Å². The third-order valence-electron chi connectivity index (χ3n) is 4.34. The lowest BCUT2D eigenvalue weighted by Crippen LogP contribution is -2.46. The molecule has 2 N–H and O–H groups in total. The first kappa shape index (κ1) is 15.2. The lowest BCUT2D eigenvalue weighted by molar-refractivity contribution is 0.0765. The van der Waals surface area contributed by atoms with E-state index in [1.54, 1.807) is 4.31 Å². The third kappa shape index (κ3) is 4.41. The van der Waals surface area contributed by atoms with E-state index in [1.807, 2.05) is 0 Å². The number of rotatable bonds is 4. The van der Waals surface area contributed by atoms with Gasteiger partial charge in [-0.05, 0) is 44.6 Å². The highest BCUT2D eigenvalue weighted by Crippen LogP contribution is 2.25. The molecule has 2 saturated heterocycles. The maximum atomic E-state index is 11.6. The van der Waals surface area contributed by atoms with Gasteiger partial charge in [0.25, 0.3) is 0 Å². The summed E-state index contributed by atoms with van der Waals surface area (Å²) in [5, 5.41) is 13.7. The Morgan fingerprint density at radius 1 is 1.32 bits per heavy atom. The average molecular weight is 290 g/mol. The van der Waals surface area contributed by atoms with Crippen molar-refractivity contribution in [2.24, 2.45) is 5.92 Å². The van der Waals surface area contributed by atoms with Gasteiger partial charge in [-0.3, -0.25) is 0 Å². The van der Waals surface area contributed by atoms with Gasteiger partial charge in [-0.1, -0.05) is 6.42 Å². The maximum absolute atomic E-state index is 11.6. The van der Waals surface area contributed by atoms with Gasteiger partial charge >= 0.3 is 0 Å². The number of aliphatic hydroxyl groups is 1. The Hall–Kier alpha value is -0.170. The molecule has 3 unspecified atom stereocenters. The van der Waals surface area contributed by atoms with E-state index in [4.69, 9.17) is 0 Å². The molecule has 0 aliphatic carbocycles. The molecule has 19 heavy (non-hydrogen) atoms. The zero-order valence-electron chi connectivity index (χ0n) is 11.7. The summed E-state index contributed by atoms with van der Waals surface area (Å²) in [6.45, 7) is 2.19. The van der Waals surface area contributed by atoms with E-state index < -0.39 is 10.0 Å². The Balaban J connectivity index is 1.84. The zero-order chi connectivity index (χ0) is 13.9. The molecule has 0 aromatic heterocycles. The summed E-state index contributed by atoms with van der Waals surface area (Å²) in [6.07, 6.45) is 6.97. The lowest BCUT2D eigenvalue weighted by atomic mass is 9.88. The van der Waals surface area contributed by atoms with E-state index in [-0.39, 0.29) is 12.1 Å². The van der Waals surface area contributed by atoms with Crippen LogP contribution in [-0.4, -0.2) is 55.9 Å². The Bertz CT molecular complexity index is 379. The highest BCUT2D eigenvalue weighted by Gasteiger charge is 2.29. The second-order valence-corrected chi connectivity index (χ2v) is 7.97. The van der Waals surface area contributed by atoms with Crippen molar-refractivity contribution in [3.05, 3.63) is 0 Å². The van der Waals surface area contributed by atoms with Crippen molar-refractivity contribution >= 4 is 10.0 Å². The van der Waals surface area contributed by atoms with E-state index in [2.05, 4.69) is 5.32 Å². The fraction of sp³-hybridized carbons (Fsp3) is 1.00. The van der Waals surface area contributed by atoms with Gasteiger partial charge in [-0.2, -0.15) is 0 Å². The van der Waals surface area contributed by atoms with Crippen LogP contribution >= 0.6 is 0 Å². The molecular formula is C13H26N2O3S. The minimum Gasteiger partial charge on any atom is -0.391 e. The molecule has 0 aromatic rings. The Kier molecular flexibility index (Phi) is 5.22. The summed E-state index contributed by atoms with van der Waals surface area (Å²) >= 11 is 0. The molecule has 0 aromatic carbocycles. The van der Waals surface area contributed by atoms with Crippen molar-refractivity contribution in [2.45, 2.75) is 50.7 Å². The highest BCUT2D eigenvalue weighted by molar-refractivity contribution is 7.88. The van der Waals surface area contributed by atoms with Gasteiger partial charge in [-0.15, -0.1) is 0 Å². The summed E-state index contributed by atoms with van der Waals surface area (Å²) in [5.74, 6) is 0.294. The summed E-state index contributed by atoms with van der Waals surface area (Å²) in [7, 11) is -3.08. The van der Waals surface area contributed by atoms with Crippen molar-refractivity contribution in [1.29, 1.82) is 0 Å². The van der Waals surface area contributed by atoms with E-state index >= 15 is 0 Å². The predicted molar refractivity (Wildman–Crippen MR) is 75.4 cm³/mol. The number of aliphatic hydroxyl groups excluding tert-OH is 1. The second kappa shape index (κ2) is 6.52. The summed E-state index contributed by atoms with van der Waals surface area (Å²) in [5.41, 5.74) is 0. The summed E-state index contributed by atoms with van der Waals surface area (Å²) in [4.78, 5) is 0. The van der Waals surface area contributed by atoms with Crippen LogP contribution in [-0.2, 0) is 10.0 Å². The molecular weight excluding hydrogens is 264 g/mol. The number of hydrogen-bond donors (Lipinski definition) is 2. The Morgan fingerprint density at radius 2 is 2.11 bits per heavy atom. The standard InChI is InChI=1S/C13H26N2O3S/c1-19(17,18)15-8-4-5-11(10-15)9-13(16)12-6-2-3-7-14-12/h11-14,16H,2-10H2,1H3. The van der Waals surface area contributed by atoms with Crippen LogP contribution in [0.5, 0.6) is 0 Å². The number of nitrogens with one attached hydrogen (secondary N) is 1. The molecule has 6 heteroatoms. The first-order valence-electron chi connectivity index (χ1n) is 7.33. The van der Waals surface area contributed by atoms with E-state index in [9.17, 15) is 13.5 Å². The molecule has 0 spiro atoms. The summed E-state index contributed by atoms with van der Waals surface area (Å²) in [6, 6.07) is 0.197. The van der Waals surface area contributed by atoms with Crippen molar-refractivity contribution < 1.29 is 13.5 Å². The molecule has 0 saturated carbocycles. The fourth-order valence-corrected chi connectivity index (χ4v) is 4.18. The molecule has 2 fully saturated rings. The van der Waals surface area contributed by atoms with Gasteiger partial charge in [-0.25, -0.2) is 12.7 Å². The molecule has 2 rings (SSSR count). The molecule has 3 atom stereocenters. The van der Waals surface area contributed by atoms with E-state index in [0.717, 1.165) is 25.8 Å². The van der Waals surface area contributed by atoms with Crippen LogP contribution in [0.4, 0.5) is 0 Å². The summed E-state index contributed by atoms with van der Waals surface area (Å²) < 4.78 is 24.7. The van der Waals surface area contributed by atoms with Crippen LogP contribution in [0.1, 0.15) is 38.5 Å². The monoisotopic (exact) mass is 290 g/mol. The molecule has 0 amide bonds. The lowest BCUT2D eigenvalue weighted by Gasteiger charge is -2.34. The smallest absolute Gasteiger partial charge is 0.211 e. The SMILES string of the molecule is CS(=O)(=O)N1CCCC(CC(O)C2CCCCN2)C1. The molecule has 0 radical (unpaired) electrons. The van der Waals surface area contributed by atoms with E-state index in [1.165, 1.54) is 19.1 Å². The Labute approximate surface area is 116 Å². The third-order valence-corrected chi connectivity index (χ3v) is 5.61. The van der Waals surface area contributed by atoms with Crippen molar-refractivity contribution in [2.75, 3.05) is 25.9 Å². The van der Waals surface area contributed by atoms with Crippen molar-refractivity contribution in [1.82, 2.24) is 9.62 Å². The van der Waals surface area contributed by atoms with Gasteiger partial charge in [0.05, 0.1) is 12.4 Å². The quantitative estimate of drug-likeness (QED) is 0.793. The number of piperidine rings is 2. The maximum Gasteiger partial charge on any atom is 0.211 e. The zero-order valence-corrected chi connectivity index (χ0v) is 12.5. The predicted octanol–water partition coefficient (Wildman–Crippen LogP) is 0.551. The van der Waals surface area contributed by atoms with Crippen LogP contribution in [0.3, 0.4) is 0 Å². The van der Waals surface area contributed by atoms with Crippen LogP contribution in [0.15, 0.2) is 0 Å².